The zero-order chi connectivity index (χ0) is 28.5. The highest BCUT2D eigenvalue weighted by Gasteiger charge is 2.65. The third kappa shape index (κ3) is 4.01. The lowest BCUT2D eigenvalue weighted by molar-refractivity contribution is -0.384. The highest BCUT2D eigenvalue weighted by atomic mass is 35.5. The van der Waals surface area contributed by atoms with Crippen LogP contribution in [-0.4, -0.2) is 66.5 Å². The topological polar surface area (TPSA) is 127 Å². The number of β-lactam (4-membered cyclic amide) rings is 1. The van der Waals surface area contributed by atoms with Crippen LogP contribution < -0.4 is 0 Å². The fraction of sp³-hybridized carbons (Fsp3) is 0.407. The van der Waals surface area contributed by atoms with Gasteiger partial charge in [-0.3, -0.25) is 29.4 Å². The van der Waals surface area contributed by atoms with E-state index in [-0.39, 0.29) is 18.0 Å². The first-order chi connectivity index (χ1) is 18.3. The molecular formula is C27H26ClN3O7S. The number of fused-ring (bicyclic) bond motifs is 2. The van der Waals surface area contributed by atoms with Crippen molar-refractivity contribution in [2.24, 2.45) is 0 Å². The fourth-order valence-corrected chi connectivity index (χ4v) is 7.35. The lowest BCUT2D eigenvalue weighted by Gasteiger charge is -2.57. The second-order valence-electron chi connectivity index (χ2n) is 10.3. The zero-order valence-electron chi connectivity index (χ0n) is 21.9. The largest absolute Gasteiger partial charge is 0.459 e. The number of nitro benzene ring substituents is 1. The second kappa shape index (κ2) is 9.34. The number of carbonyl (C=O) groups excluding carboxylic acids is 4. The van der Waals surface area contributed by atoms with Gasteiger partial charge in [0.05, 0.1) is 20.9 Å². The Bertz CT molecular complexity index is 1430. The molecule has 3 aliphatic rings. The molecule has 0 aliphatic carbocycles. The number of non-ortho nitro benzene ring substituents is 1. The fourth-order valence-electron chi connectivity index (χ4n) is 5.51. The third-order valence-electron chi connectivity index (χ3n) is 8.02. The van der Waals surface area contributed by atoms with Crippen LogP contribution >= 0.6 is 23.4 Å². The first-order valence-electron chi connectivity index (χ1n) is 12.3. The number of hydrogen-bond donors (Lipinski definition) is 0. The molecule has 2 unspecified atom stereocenters. The van der Waals surface area contributed by atoms with Crippen LogP contribution in [0.3, 0.4) is 0 Å². The number of benzene rings is 2. The maximum Gasteiger partial charge on any atom is 0.331 e. The summed E-state index contributed by atoms with van der Waals surface area (Å²) in [4.78, 5) is 65.4. The van der Waals surface area contributed by atoms with Gasteiger partial charge in [0, 0.05) is 17.9 Å². The molecule has 12 heteroatoms. The van der Waals surface area contributed by atoms with Gasteiger partial charge in [0.2, 0.25) is 0 Å². The first-order valence-corrected chi connectivity index (χ1v) is 13.7. The van der Waals surface area contributed by atoms with Crippen LogP contribution in [0.5, 0.6) is 0 Å². The van der Waals surface area contributed by atoms with Gasteiger partial charge in [0.1, 0.15) is 18.0 Å². The van der Waals surface area contributed by atoms with Crippen molar-refractivity contribution in [2.75, 3.05) is 5.75 Å². The predicted octanol–water partition coefficient (Wildman–Crippen LogP) is 3.82. The maximum atomic E-state index is 13.5. The van der Waals surface area contributed by atoms with Crippen LogP contribution in [0, 0.1) is 37.8 Å². The van der Waals surface area contributed by atoms with E-state index in [1.807, 2.05) is 13.8 Å². The van der Waals surface area contributed by atoms with E-state index in [1.54, 1.807) is 20.8 Å². The van der Waals surface area contributed by atoms with Gasteiger partial charge in [-0.05, 0) is 74.6 Å². The van der Waals surface area contributed by atoms with E-state index < -0.39 is 50.9 Å². The average molecular weight is 572 g/mol. The number of nitrogens with zero attached hydrogens (tertiary/aromatic N) is 3. The number of nitro groups is 1. The van der Waals surface area contributed by atoms with Gasteiger partial charge in [-0.2, -0.15) is 0 Å². The van der Waals surface area contributed by atoms with Crippen molar-refractivity contribution in [3.8, 4) is 0 Å². The summed E-state index contributed by atoms with van der Waals surface area (Å²) in [6, 6.07) is 3.37. The Morgan fingerprint density at radius 3 is 2.10 bits per heavy atom. The number of esters is 1. The van der Waals surface area contributed by atoms with Gasteiger partial charge in [-0.1, -0.05) is 0 Å². The number of alkyl halides is 1. The summed E-state index contributed by atoms with van der Waals surface area (Å²) in [5.74, 6) is -2.02. The lowest BCUT2D eigenvalue weighted by atomic mass is 9.90. The zero-order valence-corrected chi connectivity index (χ0v) is 23.5. The van der Waals surface area contributed by atoms with Crippen LogP contribution in [0.4, 0.5) is 5.69 Å². The molecule has 0 bridgehead atoms. The minimum absolute atomic E-state index is 0.0911. The minimum Gasteiger partial charge on any atom is -0.459 e. The molecule has 2 fully saturated rings. The van der Waals surface area contributed by atoms with E-state index in [0.717, 1.165) is 27.2 Å². The number of halogens is 1. The Kier molecular flexibility index (Phi) is 6.50. The number of imide groups is 1. The van der Waals surface area contributed by atoms with Gasteiger partial charge in [0.25, 0.3) is 23.4 Å². The number of carbonyl (C=O) groups is 4. The molecule has 204 valence electrons. The standard InChI is InChI=1S/C27H26ClN3O7S/c1-12-13(2)15(4)19-18(14(12)3)22(32)29(23(19)33)20-24(34)30-21(27(5,28)11-39-25(20)30)26(35)38-10-16-6-8-17(9-7-16)31(36)37/h6-9,20-21,25H,10-11H2,1-5H3/t20?,21?,25-,27+/m0/s1. The molecular weight excluding hydrogens is 546 g/mol. The Labute approximate surface area is 233 Å². The minimum atomic E-state index is -1.16. The summed E-state index contributed by atoms with van der Waals surface area (Å²) in [6.45, 7) is 8.88. The van der Waals surface area contributed by atoms with Crippen molar-refractivity contribution < 1.29 is 28.8 Å². The molecule has 0 spiro atoms. The number of thioether (sulfide) groups is 1. The van der Waals surface area contributed by atoms with E-state index >= 15 is 0 Å². The molecule has 5 rings (SSSR count). The molecule has 39 heavy (non-hydrogen) atoms. The summed E-state index contributed by atoms with van der Waals surface area (Å²) in [7, 11) is 0. The molecule has 2 saturated heterocycles. The third-order valence-corrected chi connectivity index (χ3v) is 10.1. The normalized spacial score (nSPS) is 25.8. The SMILES string of the molecule is Cc1c(C)c(C)c2c(c1C)C(=O)N(C1C(=O)N3C(C(=O)OCc4ccc([N+](=O)[O-])cc4)[C@](C)(Cl)CS[C@@H]13)C2=O. The van der Waals surface area contributed by atoms with E-state index in [4.69, 9.17) is 16.3 Å². The first kappa shape index (κ1) is 27.1. The van der Waals surface area contributed by atoms with Crippen molar-refractivity contribution in [3.05, 3.63) is 73.3 Å². The average Bonchev–Trinajstić information content (AvgIpc) is 3.14. The van der Waals surface area contributed by atoms with E-state index in [9.17, 15) is 29.3 Å². The molecule has 10 nitrogen and oxygen atoms in total. The molecule has 0 aromatic heterocycles. The molecule has 0 saturated carbocycles. The lowest BCUT2D eigenvalue weighted by Crippen LogP contribution is -2.78. The number of ether oxygens (including phenoxy) is 1. The smallest absolute Gasteiger partial charge is 0.331 e. The van der Waals surface area contributed by atoms with Crippen molar-refractivity contribution >= 4 is 52.7 Å². The highest BCUT2D eigenvalue weighted by Crippen LogP contribution is 2.48. The summed E-state index contributed by atoms with van der Waals surface area (Å²) >= 11 is 8.02. The van der Waals surface area contributed by atoms with Crippen molar-refractivity contribution in [1.82, 2.24) is 9.80 Å². The Hall–Kier alpha value is -3.44. The van der Waals surface area contributed by atoms with Gasteiger partial charge >= 0.3 is 5.97 Å². The molecule has 3 amide bonds. The molecule has 4 atom stereocenters. The van der Waals surface area contributed by atoms with Crippen LogP contribution in [0.15, 0.2) is 24.3 Å². The van der Waals surface area contributed by atoms with Crippen LogP contribution in [0.2, 0.25) is 0 Å². The van der Waals surface area contributed by atoms with Crippen molar-refractivity contribution in [2.45, 2.75) is 63.6 Å². The summed E-state index contributed by atoms with van der Waals surface area (Å²) in [6.07, 6.45) is 0. The van der Waals surface area contributed by atoms with Gasteiger partial charge in [0.15, 0.2) is 6.04 Å². The highest BCUT2D eigenvalue weighted by molar-refractivity contribution is 8.00. The summed E-state index contributed by atoms with van der Waals surface area (Å²) < 4.78 is 5.47. The molecule has 2 aromatic rings. The maximum absolute atomic E-state index is 13.5. The quantitative estimate of drug-likeness (QED) is 0.132. The Morgan fingerprint density at radius 1 is 1.05 bits per heavy atom. The number of amides is 3. The molecule has 2 aromatic carbocycles. The van der Waals surface area contributed by atoms with Crippen molar-refractivity contribution in [3.63, 3.8) is 0 Å². The van der Waals surface area contributed by atoms with E-state index in [2.05, 4.69) is 0 Å². The second-order valence-corrected chi connectivity index (χ2v) is 12.3. The molecule has 3 aliphatic heterocycles. The molecule has 0 N–H and O–H groups in total. The van der Waals surface area contributed by atoms with Crippen LogP contribution in [-0.2, 0) is 20.9 Å². The Morgan fingerprint density at radius 2 is 1.59 bits per heavy atom. The molecule has 3 heterocycles. The number of rotatable bonds is 5. The van der Waals surface area contributed by atoms with Gasteiger partial charge in [-0.15, -0.1) is 23.4 Å². The molecule has 0 radical (unpaired) electrons. The monoisotopic (exact) mass is 571 g/mol. The van der Waals surface area contributed by atoms with Crippen LogP contribution in [0.25, 0.3) is 0 Å². The predicted molar refractivity (Wildman–Crippen MR) is 144 cm³/mol. The van der Waals surface area contributed by atoms with E-state index in [0.29, 0.717) is 16.7 Å². The van der Waals surface area contributed by atoms with Gasteiger partial charge < -0.3 is 9.64 Å². The van der Waals surface area contributed by atoms with E-state index in [1.165, 1.54) is 40.9 Å². The summed E-state index contributed by atoms with van der Waals surface area (Å²) in [5, 5.41) is 10.2. The van der Waals surface area contributed by atoms with Gasteiger partial charge in [-0.25, -0.2) is 4.79 Å². The number of hydrogen-bond acceptors (Lipinski definition) is 8. The Balaban J connectivity index is 1.38. The summed E-state index contributed by atoms with van der Waals surface area (Å²) in [5.41, 5.74) is 4.38. The van der Waals surface area contributed by atoms with Crippen LogP contribution in [0.1, 0.15) is 55.5 Å². The van der Waals surface area contributed by atoms with Crippen molar-refractivity contribution in [1.29, 1.82) is 0 Å².